The van der Waals surface area contributed by atoms with Crippen LogP contribution in [0.15, 0.2) is 34.5 Å². The second-order valence-corrected chi connectivity index (χ2v) is 5.29. The summed E-state index contributed by atoms with van der Waals surface area (Å²) in [4.78, 5) is 6.05. The molecular weight excluding hydrogens is 270 g/mol. The van der Waals surface area contributed by atoms with Crippen molar-refractivity contribution in [3.8, 4) is 0 Å². The van der Waals surface area contributed by atoms with Crippen molar-refractivity contribution >= 4 is 17.8 Å². The van der Waals surface area contributed by atoms with Gasteiger partial charge in [0.25, 0.3) is 0 Å². The van der Waals surface area contributed by atoms with E-state index in [-0.39, 0.29) is 5.92 Å². The van der Waals surface area contributed by atoms with Crippen molar-refractivity contribution in [1.82, 2.24) is 4.90 Å². The van der Waals surface area contributed by atoms with E-state index in [1.807, 2.05) is 11.9 Å². The van der Waals surface area contributed by atoms with Gasteiger partial charge in [-0.15, -0.1) is 0 Å². The molecule has 2 aliphatic rings. The van der Waals surface area contributed by atoms with Crippen LogP contribution in [0.2, 0.25) is 0 Å². The fourth-order valence-corrected chi connectivity index (χ4v) is 3.02. The molecule has 1 heterocycles. The molecule has 0 saturated carbocycles. The molecule has 0 bridgehead atoms. The summed E-state index contributed by atoms with van der Waals surface area (Å²) < 4.78 is 26.7. The van der Waals surface area contributed by atoms with E-state index in [0.717, 1.165) is 30.2 Å². The van der Waals surface area contributed by atoms with Gasteiger partial charge in [-0.3, -0.25) is 4.99 Å². The second kappa shape index (κ2) is 4.60. The van der Waals surface area contributed by atoms with Gasteiger partial charge in [-0.1, -0.05) is 11.6 Å². The summed E-state index contributed by atoms with van der Waals surface area (Å²) in [6, 6.07) is 3.68. The molecule has 1 aromatic carbocycles. The Morgan fingerprint density at radius 1 is 1.26 bits per heavy atom. The molecule has 3 rings (SSSR count). The molecule has 1 aliphatic heterocycles. The standard InChI is InChI=1S/C14H13ClF2N2/c1-19-13-8(7-18-14(19)15)2-3-12(13)9-4-10(16)6-11(17)5-9/h4-7,12,14H,2-3H2,1H3. The van der Waals surface area contributed by atoms with E-state index < -0.39 is 17.3 Å². The molecule has 0 amide bonds. The number of alkyl halides is 1. The maximum atomic E-state index is 13.4. The first-order valence-electron chi connectivity index (χ1n) is 6.15. The zero-order chi connectivity index (χ0) is 13.6. The highest BCUT2D eigenvalue weighted by Crippen LogP contribution is 2.43. The first kappa shape index (κ1) is 12.6. The number of rotatable bonds is 1. The Bertz CT molecular complexity index is 563. The number of halogens is 3. The summed E-state index contributed by atoms with van der Waals surface area (Å²) in [6.07, 6.45) is 3.46. The summed E-state index contributed by atoms with van der Waals surface area (Å²) in [6.45, 7) is 0. The molecular formula is C14H13ClF2N2. The SMILES string of the molecule is CN1C2=C(C=NC1Cl)CCC2c1cc(F)cc(F)c1. The molecule has 0 radical (unpaired) electrons. The van der Waals surface area contributed by atoms with Crippen LogP contribution in [-0.4, -0.2) is 23.8 Å². The summed E-state index contributed by atoms with van der Waals surface area (Å²) in [5.74, 6) is -1.10. The number of allylic oxidation sites excluding steroid dienone is 2. The Balaban J connectivity index is 2.02. The van der Waals surface area contributed by atoms with E-state index in [1.54, 1.807) is 6.21 Å². The van der Waals surface area contributed by atoms with Gasteiger partial charge in [0.15, 0.2) is 5.62 Å². The molecule has 2 nitrogen and oxygen atoms in total. The molecule has 5 heteroatoms. The van der Waals surface area contributed by atoms with Gasteiger partial charge in [0, 0.05) is 30.9 Å². The zero-order valence-electron chi connectivity index (χ0n) is 10.4. The number of aliphatic imine (C=N–C) groups is 1. The molecule has 19 heavy (non-hydrogen) atoms. The Morgan fingerprint density at radius 2 is 1.95 bits per heavy atom. The number of benzene rings is 1. The summed E-state index contributed by atoms with van der Waals surface area (Å²) in [7, 11) is 1.86. The molecule has 0 spiro atoms. The van der Waals surface area contributed by atoms with Gasteiger partial charge in [-0.25, -0.2) is 8.78 Å². The van der Waals surface area contributed by atoms with Gasteiger partial charge in [-0.2, -0.15) is 0 Å². The lowest BCUT2D eigenvalue weighted by atomic mass is 9.95. The third kappa shape index (κ3) is 2.14. The van der Waals surface area contributed by atoms with Crippen LogP contribution < -0.4 is 0 Å². The largest absolute Gasteiger partial charge is 0.343 e. The molecule has 2 unspecified atom stereocenters. The van der Waals surface area contributed by atoms with Crippen LogP contribution in [0.25, 0.3) is 0 Å². The quantitative estimate of drug-likeness (QED) is 0.567. The molecule has 1 aromatic rings. The Morgan fingerprint density at radius 3 is 2.63 bits per heavy atom. The van der Waals surface area contributed by atoms with E-state index in [2.05, 4.69) is 4.99 Å². The van der Waals surface area contributed by atoms with Crippen LogP contribution in [0.5, 0.6) is 0 Å². The smallest absolute Gasteiger partial charge is 0.197 e. The lowest BCUT2D eigenvalue weighted by Crippen LogP contribution is -2.30. The summed E-state index contributed by atoms with van der Waals surface area (Å²) >= 11 is 6.09. The predicted molar refractivity (Wildman–Crippen MR) is 71.3 cm³/mol. The van der Waals surface area contributed by atoms with Crippen LogP contribution in [0.4, 0.5) is 8.78 Å². The second-order valence-electron chi connectivity index (χ2n) is 4.90. The van der Waals surface area contributed by atoms with E-state index in [4.69, 9.17) is 11.6 Å². The van der Waals surface area contributed by atoms with E-state index in [1.165, 1.54) is 12.1 Å². The third-order valence-electron chi connectivity index (χ3n) is 3.70. The van der Waals surface area contributed by atoms with Crippen molar-refractivity contribution in [2.24, 2.45) is 4.99 Å². The molecule has 2 atom stereocenters. The minimum absolute atomic E-state index is 0.0156. The van der Waals surface area contributed by atoms with Gasteiger partial charge in [0.1, 0.15) is 11.6 Å². The van der Waals surface area contributed by atoms with Gasteiger partial charge < -0.3 is 4.90 Å². The molecule has 100 valence electrons. The lowest BCUT2D eigenvalue weighted by Gasteiger charge is -2.31. The number of nitrogens with zero attached hydrogens (tertiary/aromatic N) is 2. The van der Waals surface area contributed by atoms with Crippen LogP contribution >= 0.6 is 11.6 Å². The Kier molecular flexibility index (Phi) is 3.05. The predicted octanol–water partition coefficient (Wildman–Crippen LogP) is 3.63. The summed E-state index contributed by atoms with van der Waals surface area (Å²) in [5, 5.41) is 0. The molecule has 0 saturated heterocycles. The van der Waals surface area contributed by atoms with E-state index in [9.17, 15) is 8.78 Å². The first-order chi connectivity index (χ1) is 9.06. The molecule has 0 fully saturated rings. The van der Waals surface area contributed by atoms with E-state index in [0.29, 0.717) is 5.56 Å². The van der Waals surface area contributed by atoms with Crippen molar-refractivity contribution in [3.05, 3.63) is 46.7 Å². The van der Waals surface area contributed by atoms with Crippen LogP contribution in [0, 0.1) is 11.6 Å². The monoisotopic (exact) mass is 282 g/mol. The molecule has 0 aromatic heterocycles. The highest BCUT2D eigenvalue weighted by atomic mass is 35.5. The number of hydrogen-bond acceptors (Lipinski definition) is 2. The van der Waals surface area contributed by atoms with Gasteiger partial charge in [0.2, 0.25) is 0 Å². The lowest BCUT2D eigenvalue weighted by molar-refractivity contribution is 0.366. The van der Waals surface area contributed by atoms with Crippen molar-refractivity contribution in [2.45, 2.75) is 24.4 Å². The fourth-order valence-electron chi connectivity index (χ4n) is 2.86. The highest BCUT2D eigenvalue weighted by molar-refractivity contribution is 6.21. The van der Waals surface area contributed by atoms with Crippen LogP contribution in [-0.2, 0) is 0 Å². The maximum Gasteiger partial charge on any atom is 0.197 e. The average molecular weight is 283 g/mol. The fraction of sp³-hybridized carbons (Fsp3) is 0.357. The summed E-state index contributed by atoms with van der Waals surface area (Å²) in [5.41, 5.74) is 2.35. The number of hydrogen-bond donors (Lipinski definition) is 0. The number of likely N-dealkylation sites (N-methyl/N-ethyl adjacent to an activating group) is 1. The van der Waals surface area contributed by atoms with E-state index >= 15 is 0 Å². The van der Waals surface area contributed by atoms with Gasteiger partial charge in [0.05, 0.1) is 0 Å². The Labute approximate surface area is 115 Å². The zero-order valence-corrected chi connectivity index (χ0v) is 11.2. The van der Waals surface area contributed by atoms with Gasteiger partial charge in [-0.05, 0) is 36.1 Å². The van der Waals surface area contributed by atoms with Crippen molar-refractivity contribution in [3.63, 3.8) is 0 Å². The molecule has 0 N–H and O–H groups in total. The normalized spacial score (nSPS) is 26.0. The van der Waals surface area contributed by atoms with Crippen molar-refractivity contribution in [2.75, 3.05) is 7.05 Å². The maximum absolute atomic E-state index is 13.4. The average Bonchev–Trinajstić information content (AvgIpc) is 2.77. The highest BCUT2D eigenvalue weighted by Gasteiger charge is 2.33. The van der Waals surface area contributed by atoms with Crippen molar-refractivity contribution < 1.29 is 8.78 Å². The molecule has 1 aliphatic carbocycles. The van der Waals surface area contributed by atoms with Gasteiger partial charge >= 0.3 is 0 Å². The topological polar surface area (TPSA) is 15.6 Å². The third-order valence-corrected chi connectivity index (χ3v) is 4.11. The van der Waals surface area contributed by atoms with Crippen LogP contribution in [0.1, 0.15) is 24.3 Å². The first-order valence-corrected chi connectivity index (χ1v) is 6.59. The Hall–Kier alpha value is -1.42. The minimum Gasteiger partial charge on any atom is -0.343 e. The van der Waals surface area contributed by atoms with Crippen molar-refractivity contribution in [1.29, 1.82) is 0 Å². The van der Waals surface area contributed by atoms with Crippen LogP contribution in [0.3, 0.4) is 0 Å². The minimum atomic E-state index is -0.543.